The number of carbonyl (C=O) groups is 2. The van der Waals surface area contributed by atoms with Gasteiger partial charge in [-0.3, -0.25) is 4.79 Å². The second-order valence-corrected chi connectivity index (χ2v) is 7.51. The van der Waals surface area contributed by atoms with Crippen LogP contribution in [-0.2, 0) is 11.3 Å². The van der Waals surface area contributed by atoms with Gasteiger partial charge in [0.25, 0.3) is 0 Å². The highest BCUT2D eigenvalue weighted by atomic mass is 127. The number of likely N-dealkylation sites (tertiary alicyclic amines) is 1. The van der Waals surface area contributed by atoms with E-state index in [0.29, 0.717) is 25.6 Å². The lowest BCUT2D eigenvalue weighted by atomic mass is 10.2. The summed E-state index contributed by atoms with van der Waals surface area (Å²) in [5.41, 5.74) is 1.80. The summed E-state index contributed by atoms with van der Waals surface area (Å²) in [4.78, 5) is 30.4. The normalized spacial score (nSPS) is 15.9. The van der Waals surface area contributed by atoms with Crippen LogP contribution in [0.3, 0.4) is 0 Å². The third-order valence-corrected chi connectivity index (χ3v) is 5.00. The van der Waals surface area contributed by atoms with Gasteiger partial charge in [-0.2, -0.15) is 0 Å². The van der Waals surface area contributed by atoms with Crippen LogP contribution in [0.5, 0.6) is 0 Å². The van der Waals surface area contributed by atoms with Gasteiger partial charge < -0.3 is 26.2 Å². The Bertz CT molecular complexity index is 732. The van der Waals surface area contributed by atoms with Crippen LogP contribution in [0.15, 0.2) is 29.3 Å². The van der Waals surface area contributed by atoms with Crippen molar-refractivity contribution in [3.05, 3.63) is 29.8 Å². The minimum absolute atomic E-state index is 0. The Hall–Kier alpha value is -2.04. The Morgan fingerprint density at radius 1 is 1.10 bits per heavy atom. The molecule has 1 heterocycles. The van der Waals surface area contributed by atoms with E-state index in [1.54, 1.807) is 0 Å². The number of hydrogen-bond acceptors (Lipinski definition) is 3. The highest BCUT2D eigenvalue weighted by Gasteiger charge is 2.28. The van der Waals surface area contributed by atoms with Gasteiger partial charge in [-0.15, -0.1) is 24.0 Å². The van der Waals surface area contributed by atoms with Gasteiger partial charge >= 0.3 is 6.03 Å². The quantitative estimate of drug-likeness (QED) is 0.181. The van der Waals surface area contributed by atoms with Crippen LogP contribution < -0.4 is 21.3 Å². The van der Waals surface area contributed by atoms with Crippen LogP contribution in [0.4, 0.5) is 10.5 Å². The smallest absolute Gasteiger partial charge is 0.321 e. The van der Waals surface area contributed by atoms with Crippen molar-refractivity contribution in [2.45, 2.75) is 39.2 Å². The van der Waals surface area contributed by atoms with Gasteiger partial charge in [0, 0.05) is 44.3 Å². The first kappa shape index (κ1) is 24.2. The van der Waals surface area contributed by atoms with Crippen LogP contribution in [0.1, 0.15) is 38.2 Å². The molecule has 0 bridgehead atoms. The number of hydrogen-bond donors (Lipinski definition) is 4. The molecule has 0 spiro atoms. The Morgan fingerprint density at radius 2 is 1.83 bits per heavy atom. The van der Waals surface area contributed by atoms with E-state index in [1.807, 2.05) is 36.1 Å². The summed E-state index contributed by atoms with van der Waals surface area (Å²) in [5.74, 6) is 1.09. The number of halogens is 1. The molecular formula is C21H33IN6O2. The number of anilines is 1. The van der Waals surface area contributed by atoms with Crippen molar-refractivity contribution in [2.75, 3.05) is 38.0 Å². The van der Waals surface area contributed by atoms with E-state index >= 15 is 0 Å². The van der Waals surface area contributed by atoms with Crippen molar-refractivity contribution >= 4 is 47.6 Å². The fraction of sp³-hybridized carbons (Fsp3) is 0.571. The number of aliphatic imine (C=N–C) groups is 1. The standard InChI is InChI=1S/C21H32N6O2.HI/c1-2-22-20(24-11-10-23-19(28)17-8-9-17)25-15-16-6-5-7-18(14-16)26-21(29)27-12-3-4-13-27;/h5-7,14,17H,2-4,8-13,15H2,1H3,(H,23,28)(H,26,29)(H2,22,24,25);1H. The summed E-state index contributed by atoms with van der Waals surface area (Å²) in [5, 5.41) is 12.4. The van der Waals surface area contributed by atoms with Gasteiger partial charge in [-0.05, 0) is 50.3 Å². The van der Waals surface area contributed by atoms with Crippen molar-refractivity contribution in [1.29, 1.82) is 0 Å². The molecule has 2 aliphatic rings. The van der Waals surface area contributed by atoms with Crippen molar-refractivity contribution in [3.63, 3.8) is 0 Å². The van der Waals surface area contributed by atoms with Crippen molar-refractivity contribution in [1.82, 2.24) is 20.9 Å². The fourth-order valence-electron chi connectivity index (χ4n) is 3.24. The zero-order chi connectivity index (χ0) is 20.5. The highest BCUT2D eigenvalue weighted by Crippen LogP contribution is 2.28. The molecule has 166 valence electrons. The van der Waals surface area contributed by atoms with Gasteiger partial charge in [-0.1, -0.05) is 12.1 Å². The van der Waals surface area contributed by atoms with Crippen LogP contribution >= 0.6 is 24.0 Å². The Morgan fingerprint density at radius 3 is 2.53 bits per heavy atom. The van der Waals surface area contributed by atoms with E-state index in [-0.39, 0.29) is 41.8 Å². The maximum atomic E-state index is 12.3. The average molecular weight is 528 g/mol. The molecule has 9 heteroatoms. The number of guanidine groups is 1. The van der Waals surface area contributed by atoms with Gasteiger partial charge in [0.15, 0.2) is 5.96 Å². The lowest BCUT2D eigenvalue weighted by Gasteiger charge is -2.16. The molecule has 8 nitrogen and oxygen atoms in total. The third-order valence-electron chi connectivity index (χ3n) is 5.00. The minimum Gasteiger partial charge on any atom is -0.357 e. The van der Waals surface area contributed by atoms with E-state index in [9.17, 15) is 9.59 Å². The third kappa shape index (κ3) is 8.00. The fourth-order valence-corrected chi connectivity index (χ4v) is 3.24. The van der Waals surface area contributed by atoms with Gasteiger partial charge in [0.05, 0.1) is 6.54 Å². The predicted molar refractivity (Wildman–Crippen MR) is 130 cm³/mol. The number of urea groups is 1. The summed E-state index contributed by atoms with van der Waals surface area (Å²) < 4.78 is 0. The van der Waals surface area contributed by atoms with Crippen LogP contribution in [-0.4, -0.2) is 55.5 Å². The van der Waals surface area contributed by atoms with E-state index in [1.165, 1.54) is 0 Å². The molecule has 1 saturated heterocycles. The van der Waals surface area contributed by atoms with Crippen molar-refractivity contribution in [2.24, 2.45) is 10.9 Å². The van der Waals surface area contributed by atoms with Crippen LogP contribution in [0, 0.1) is 5.92 Å². The lowest BCUT2D eigenvalue weighted by molar-refractivity contribution is -0.122. The maximum absolute atomic E-state index is 12.3. The zero-order valence-electron chi connectivity index (χ0n) is 17.6. The molecule has 0 radical (unpaired) electrons. The van der Waals surface area contributed by atoms with E-state index in [0.717, 1.165) is 56.6 Å². The summed E-state index contributed by atoms with van der Waals surface area (Å²) >= 11 is 0. The topological polar surface area (TPSA) is 97.9 Å². The Kier molecular flexibility index (Phi) is 10.2. The molecule has 1 aromatic carbocycles. The molecule has 1 aromatic rings. The summed E-state index contributed by atoms with van der Waals surface area (Å²) in [6, 6.07) is 7.74. The Balaban J connectivity index is 0.00000320. The summed E-state index contributed by atoms with van der Waals surface area (Å²) in [6.45, 7) is 6.13. The van der Waals surface area contributed by atoms with Gasteiger partial charge in [0.1, 0.15) is 0 Å². The number of rotatable bonds is 8. The number of carbonyl (C=O) groups excluding carboxylic acids is 2. The first-order valence-electron chi connectivity index (χ1n) is 10.6. The van der Waals surface area contributed by atoms with Crippen LogP contribution in [0.2, 0.25) is 0 Å². The molecule has 3 amide bonds. The minimum atomic E-state index is -0.0357. The first-order valence-corrected chi connectivity index (χ1v) is 10.6. The van der Waals surface area contributed by atoms with Gasteiger partial charge in [0.2, 0.25) is 5.91 Å². The molecule has 0 aromatic heterocycles. The Labute approximate surface area is 195 Å². The molecule has 1 aliphatic carbocycles. The number of nitrogens with one attached hydrogen (secondary N) is 4. The molecule has 0 unspecified atom stereocenters. The molecule has 1 aliphatic heterocycles. The predicted octanol–water partition coefficient (Wildman–Crippen LogP) is 2.51. The second kappa shape index (κ2) is 12.6. The zero-order valence-corrected chi connectivity index (χ0v) is 19.9. The maximum Gasteiger partial charge on any atom is 0.321 e. The molecule has 0 atom stereocenters. The molecule has 1 saturated carbocycles. The lowest BCUT2D eigenvalue weighted by Crippen LogP contribution is -2.41. The first-order chi connectivity index (χ1) is 14.2. The van der Waals surface area contributed by atoms with Crippen molar-refractivity contribution in [3.8, 4) is 0 Å². The monoisotopic (exact) mass is 528 g/mol. The molecule has 4 N–H and O–H groups in total. The highest BCUT2D eigenvalue weighted by molar-refractivity contribution is 14.0. The SMILES string of the molecule is CCNC(=NCc1cccc(NC(=O)N2CCCC2)c1)NCCNC(=O)C1CC1.I. The number of benzene rings is 1. The molecular weight excluding hydrogens is 495 g/mol. The van der Waals surface area contributed by atoms with E-state index in [2.05, 4.69) is 26.3 Å². The van der Waals surface area contributed by atoms with Gasteiger partial charge in [-0.25, -0.2) is 9.79 Å². The second-order valence-electron chi connectivity index (χ2n) is 7.51. The molecule has 30 heavy (non-hydrogen) atoms. The largest absolute Gasteiger partial charge is 0.357 e. The summed E-state index contributed by atoms with van der Waals surface area (Å²) in [6.07, 6.45) is 4.18. The summed E-state index contributed by atoms with van der Waals surface area (Å²) in [7, 11) is 0. The van der Waals surface area contributed by atoms with Crippen LogP contribution in [0.25, 0.3) is 0 Å². The van der Waals surface area contributed by atoms with Crippen molar-refractivity contribution < 1.29 is 9.59 Å². The molecule has 2 fully saturated rings. The van der Waals surface area contributed by atoms with E-state index < -0.39 is 0 Å². The molecule has 3 rings (SSSR count). The number of nitrogens with zero attached hydrogens (tertiary/aromatic N) is 2. The number of amides is 3. The van der Waals surface area contributed by atoms with E-state index in [4.69, 9.17) is 0 Å². The average Bonchev–Trinajstić information content (AvgIpc) is 3.43.